The van der Waals surface area contributed by atoms with Crippen LogP contribution < -0.4 is 0 Å². The first kappa shape index (κ1) is 25.9. The molecule has 0 radical (unpaired) electrons. The van der Waals surface area contributed by atoms with Gasteiger partial charge in [0.25, 0.3) is 0 Å². The summed E-state index contributed by atoms with van der Waals surface area (Å²) in [5.74, 6) is -1.33. The van der Waals surface area contributed by atoms with Gasteiger partial charge >= 0.3 is 11.9 Å². The van der Waals surface area contributed by atoms with Gasteiger partial charge in [-0.05, 0) is 61.4 Å². The number of carbonyl (C=O) groups excluding carboxylic acids is 1. The third-order valence-corrected chi connectivity index (χ3v) is 5.39. The van der Waals surface area contributed by atoms with Gasteiger partial charge in [0.15, 0.2) is 0 Å². The molecule has 0 aromatic heterocycles. The number of aryl methyl sites for hydroxylation is 1. The van der Waals surface area contributed by atoms with Crippen LogP contribution >= 0.6 is 0 Å². The predicted octanol–water partition coefficient (Wildman–Crippen LogP) is 7.15. The number of benzene rings is 3. The van der Waals surface area contributed by atoms with Crippen molar-refractivity contribution in [3.05, 3.63) is 107 Å². The SMILES string of the molecule is CC(CC(C)c1ccccc1C(=O)O)OC(=O)c1ccccc1.CCCCc1ccccc1. The maximum atomic E-state index is 12.0. The number of unbranched alkanes of at least 4 members (excludes halogenated alkanes) is 1. The van der Waals surface area contributed by atoms with Crippen LogP contribution in [-0.2, 0) is 11.2 Å². The molecule has 174 valence electrons. The molecule has 4 nitrogen and oxygen atoms in total. The summed E-state index contributed by atoms with van der Waals surface area (Å²) in [6, 6.07) is 26.4. The molecule has 2 unspecified atom stereocenters. The Bertz CT molecular complexity index is 983. The van der Waals surface area contributed by atoms with Gasteiger partial charge in [0.2, 0.25) is 0 Å². The van der Waals surface area contributed by atoms with E-state index in [1.165, 1.54) is 24.8 Å². The third-order valence-electron chi connectivity index (χ3n) is 5.39. The van der Waals surface area contributed by atoms with Crippen molar-refractivity contribution in [1.29, 1.82) is 0 Å². The Kier molecular flexibility index (Phi) is 10.9. The molecule has 3 rings (SSSR count). The largest absolute Gasteiger partial charge is 0.478 e. The van der Waals surface area contributed by atoms with Crippen LogP contribution in [0.3, 0.4) is 0 Å². The van der Waals surface area contributed by atoms with Crippen LogP contribution in [0, 0.1) is 0 Å². The lowest BCUT2D eigenvalue weighted by molar-refractivity contribution is 0.0312. The minimum absolute atomic E-state index is 0.0270. The fraction of sp³-hybridized carbons (Fsp3) is 0.310. The van der Waals surface area contributed by atoms with Crippen molar-refractivity contribution in [3.8, 4) is 0 Å². The highest BCUT2D eigenvalue weighted by atomic mass is 16.5. The minimum Gasteiger partial charge on any atom is -0.478 e. The molecule has 1 N–H and O–H groups in total. The molecular weight excluding hydrogens is 412 g/mol. The molecule has 2 atom stereocenters. The van der Waals surface area contributed by atoms with Gasteiger partial charge in [-0.3, -0.25) is 0 Å². The van der Waals surface area contributed by atoms with Gasteiger partial charge in [-0.25, -0.2) is 9.59 Å². The molecule has 0 aliphatic rings. The first-order valence-corrected chi connectivity index (χ1v) is 11.5. The molecule has 0 spiro atoms. The topological polar surface area (TPSA) is 63.6 Å². The summed E-state index contributed by atoms with van der Waals surface area (Å²) in [6.45, 7) is 5.98. The number of carboxylic acid groups (broad SMARTS) is 1. The maximum Gasteiger partial charge on any atom is 0.338 e. The van der Waals surface area contributed by atoms with E-state index >= 15 is 0 Å². The van der Waals surface area contributed by atoms with E-state index in [9.17, 15) is 14.7 Å². The van der Waals surface area contributed by atoms with Crippen molar-refractivity contribution in [2.75, 3.05) is 0 Å². The van der Waals surface area contributed by atoms with Crippen molar-refractivity contribution >= 4 is 11.9 Å². The monoisotopic (exact) mass is 446 g/mol. The van der Waals surface area contributed by atoms with Crippen molar-refractivity contribution < 1.29 is 19.4 Å². The van der Waals surface area contributed by atoms with E-state index < -0.39 is 5.97 Å². The Hall–Kier alpha value is -3.40. The molecule has 0 aliphatic carbocycles. The summed E-state index contributed by atoms with van der Waals surface area (Å²) in [7, 11) is 0. The van der Waals surface area contributed by atoms with Gasteiger partial charge in [-0.15, -0.1) is 0 Å². The number of rotatable bonds is 9. The van der Waals surface area contributed by atoms with E-state index in [0.29, 0.717) is 17.5 Å². The maximum absolute atomic E-state index is 12.0. The van der Waals surface area contributed by atoms with Gasteiger partial charge in [-0.2, -0.15) is 0 Å². The van der Waals surface area contributed by atoms with Crippen molar-refractivity contribution in [2.45, 2.75) is 58.5 Å². The summed E-state index contributed by atoms with van der Waals surface area (Å²) in [4.78, 5) is 23.3. The number of carboxylic acids is 1. The molecule has 0 heterocycles. The van der Waals surface area contributed by atoms with Crippen molar-refractivity contribution in [2.24, 2.45) is 0 Å². The van der Waals surface area contributed by atoms with Crippen LogP contribution in [0.2, 0.25) is 0 Å². The van der Waals surface area contributed by atoms with Crippen LogP contribution in [0.1, 0.15) is 77.8 Å². The number of hydrogen-bond acceptors (Lipinski definition) is 3. The normalized spacial score (nSPS) is 12.1. The molecule has 0 fully saturated rings. The van der Waals surface area contributed by atoms with E-state index in [0.717, 1.165) is 5.56 Å². The van der Waals surface area contributed by atoms with Crippen LogP contribution in [-0.4, -0.2) is 23.1 Å². The van der Waals surface area contributed by atoms with Gasteiger partial charge < -0.3 is 9.84 Å². The van der Waals surface area contributed by atoms with Crippen LogP contribution in [0.15, 0.2) is 84.9 Å². The zero-order chi connectivity index (χ0) is 24.1. The van der Waals surface area contributed by atoms with Gasteiger partial charge in [0, 0.05) is 0 Å². The fourth-order valence-corrected chi connectivity index (χ4v) is 3.65. The number of hydrogen-bond donors (Lipinski definition) is 1. The second kappa shape index (κ2) is 13.9. The van der Waals surface area contributed by atoms with E-state index in [-0.39, 0.29) is 18.0 Å². The van der Waals surface area contributed by atoms with Crippen LogP contribution in [0.25, 0.3) is 0 Å². The fourth-order valence-electron chi connectivity index (χ4n) is 3.65. The Morgan fingerprint density at radius 1 is 0.848 bits per heavy atom. The first-order chi connectivity index (χ1) is 15.9. The average Bonchev–Trinajstić information content (AvgIpc) is 2.84. The Labute approximate surface area is 197 Å². The van der Waals surface area contributed by atoms with Gasteiger partial charge in [0.1, 0.15) is 0 Å². The molecule has 0 saturated carbocycles. The molecule has 0 saturated heterocycles. The Morgan fingerprint density at radius 3 is 2.03 bits per heavy atom. The number of esters is 1. The van der Waals surface area contributed by atoms with Crippen molar-refractivity contribution in [3.63, 3.8) is 0 Å². The summed E-state index contributed by atoms with van der Waals surface area (Å²) in [6.07, 6.45) is 4.08. The third kappa shape index (κ3) is 8.93. The number of aromatic carboxylic acids is 1. The highest BCUT2D eigenvalue weighted by Crippen LogP contribution is 2.25. The molecule has 4 heteroatoms. The van der Waals surface area contributed by atoms with E-state index in [4.69, 9.17) is 4.74 Å². The zero-order valence-electron chi connectivity index (χ0n) is 19.7. The zero-order valence-corrected chi connectivity index (χ0v) is 19.7. The number of ether oxygens (including phenoxy) is 1. The minimum atomic E-state index is -0.943. The molecule has 0 bridgehead atoms. The lowest BCUT2D eigenvalue weighted by Crippen LogP contribution is -2.18. The van der Waals surface area contributed by atoms with E-state index in [1.54, 1.807) is 42.5 Å². The summed E-state index contributed by atoms with van der Waals surface area (Å²) >= 11 is 0. The molecule has 0 aliphatic heterocycles. The van der Waals surface area contributed by atoms with E-state index in [1.807, 2.05) is 26.0 Å². The molecule has 33 heavy (non-hydrogen) atoms. The van der Waals surface area contributed by atoms with Crippen molar-refractivity contribution in [1.82, 2.24) is 0 Å². The second-order valence-corrected chi connectivity index (χ2v) is 8.20. The van der Waals surface area contributed by atoms with Crippen LogP contribution in [0.5, 0.6) is 0 Å². The highest BCUT2D eigenvalue weighted by Gasteiger charge is 2.19. The van der Waals surface area contributed by atoms with Crippen LogP contribution in [0.4, 0.5) is 0 Å². The average molecular weight is 447 g/mol. The van der Waals surface area contributed by atoms with Gasteiger partial charge in [-0.1, -0.05) is 87.0 Å². The lowest BCUT2D eigenvalue weighted by atomic mass is 9.91. The molecule has 3 aromatic carbocycles. The standard InChI is InChI=1S/C19H20O4.C10H14/c1-13(16-10-6-7-11-17(16)18(20)21)12-14(2)23-19(22)15-8-4-3-5-9-15;1-2-3-7-10-8-5-4-6-9-10/h3-11,13-14H,12H2,1-2H3,(H,20,21);4-6,8-9H,2-3,7H2,1H3. The highest BCUT2D eigenvalue weighted by molar-refractivity contribution is 5.90. The summed E-state index contributed by atoms with van der Waals surface area (Å²) in [5.41, 5.74) is 3.02. The lowest BCUT2D eigenvalue weighted by Gasteiger charge is -2.19. The van der Waals surface area contributed by atoms with E-state index in [2.05, 4.69) is 37.3 Å². The summed E-state index contributed by atoms with van der Waals surface area (Å²) in [5, 5.41) is 9.26. The number of carbonyl (C=O) groups is 2. The quantitative estimate of drug-likeness (QED) is 0.354. The predicted molar refractivity (Wildman–Crippen MR) is 133 cm³/mol. The Balaban J connectivity index is 0.000000321. The first-order valence-electron chi connectivity index (χ1n) is 11.5. The second-order valence-electron chi connectivity index (χ2n) is 8.20. The summed E-state index contributed by atoms with van der Waals surface area (Å²) < 4.78 is 5.44. The Morgan fingerprint density at radius 2 is 1.42 bits per heavy atom. The molecular formula is C29H34O4. The van der Waals surface area contributed by atoms with Gasteiger partial charge in [0.05, 0.1) is 17.2 Å². The smallest absolute Gasteiger partial charge is 0.338 e. The molecule has 0 amide bonds. The molecule has 3 aromatic rings.